The van der Waals surface area contributed by atoms with Crippen molar-refractivity contribution in [2.24, 2.45) is 0 Å². The number of ether oxygens (including phenoxy) is 2. The third-order valence-electron chi connectivity index (χ3n) is 4.06. The number of amides is 1. The van der Waals surface area contributed by atoms with Gasteiger partial charge in [-0.05, 0) is 24.3 Å². The Labute approximate surface area is 148 Å². The highest BCUT2D eigenvalue weighted by Crippen LogP contribution is 2.37. The lowest BCUT2D eigenvalue weighted by molar-refractivity contribution is -0.144. The molecule has 0 spiro atoms. The second kappa shape index (κ2) is 6.78. The molecule has 1 unspecified atom stereocenters. The van der Waals surface area contributed by atoms with Gasteiger partial charge in [-0.2, -0.15) is 13.2 Å². The normalized spacial score (nSPS) is 16.7. The Hall–Kier alpha value is -2.90. The van der Waals surface area contributed by atoms with Crippen LogP contribution in [0.1, 0.15) is 22.1 Å². The molecule has 1 amide bonds. The molecule has 5 nitrogen and oxygen atoms in total. The molecule has 0 saturated carbocycles. The number of nitrogens with one attached hydrogen (secondary N) is 1. The second-order valence-corrected chi connectivity index (χ2v) is 5.79. The van der Waals surface area contributed by atoms with Crippen LogP contribution in [0.4, 0.5) is 18.9 Å². The molecular weight excluding hydrogens is 349 g/mol. The maximum atomic E-state index is 13.1. The minimum atomic E-state index is -4.54. The molecular formula is C18H17F3N2O3. The fraction of sp³-hybridized carbons (Fsp3) is 0.278. The van der Waals surface area contributed by atoms with Gasteiger partial charge in [0, 0.05) is 17.3 Å². The maximum absolute atomic E-state index is 13.1. The van der Waals surface area contributed by atoms with Crippen LogP contribution in [-0.4, -0.2) is 37.7 Å². The van der Waals surface area contributed by atoms with Gasteiger partial charge in [0.05, 0.1) is 19.8 Å². The van der Waals surface area contributed by atoms with Crippen LogP contribution in [0.3, 0.4) is 0 Å². The summed E-state index contributed by atoms with van der Waals surface area (Å²) in [4.78, 5) is 13.5. The van der Waals surface area contributed by atoms with E-state index in [1.165, 1.54) is 20.3 Å². The number of rotatable bonds is 4. The number of hydrogen-bond donors (Lipinski definition) is 1. The summed E-state index contributed by atoms with van der Waals surface area (Å²) in [5.74, 6) is 0.141. The van der Waals surface area contributed by atoms with Gasteiger partial charge in [-0.3, -0.25) is 4.79 Å². The minimum Gasteiger partial charge on any atom is -0.497 e. The van der Waals surface area contributed by atoms with Crippen LogP contribution in [0.15, 0.2) is 42.5 Å². The first-order valence-electron chi connectivity index (χ1n) is 7.78. The number of alkyl halides is 3. The third-order valence-corrected chi connectivity index (χ3v) is 4.06. The molecule has 138 valence electrons. The van der Waals surface area contributed by atoms with Gasteiger partial charge in [0.2, 0.25) is 0 Å². The summed E-state index contributed by atoms with van der Waals surface area (Å²) < 4.78 is 49.7. The molecule has 26 heavy (non-hydrogen) atoms. The molecule has 2 aromatic rings. The van der Waals surface area contributed by atoms with Crippen molar-refractivity contribution in [3.8, 4) is 11.5 Å². The van der Waals surface area contributed by atoms with E-state index in [1.54, 1.807) is 36.4 Å². The monoisotopic (exact) mass is 366 g/mol. The Morgan fingerprint density at radius 3 is 2.27 bits per heavy atom. The summed E-state index contributed by atoms with van der Waals surface area (Å²) in [7, 11) is 2.89. The highest BCUT2D eigenvalue weighted by molar-refractivity contribution is 6.01. The van der Waals surface area contributed by atoms with Crippen molar-refractivity contribution in [3.05, 3.63) is 53.6 Å². The molecule has 0 saturated heterocycles. The van der Waals surface area contributed by atoms with Crippen molar-refractivity contribution < 1.29 is 27.4 Å². The van der Waals surface area contributed by atoms with E-state index in [-0.39, 0.29) is 5.56 Å². The predicted octanol–water partition coefficient (Wildman–Crippen LogP) is 3.83. The number of para-hydroxylation sites is 1. The van der Waals surface area contributed by atoms with Crippen molar-refractivity contribution >= 4 is 11.6 Å². The van der Waals surface area contributed by atoms with Crippen LogP contribution in [0.5, 0.6) is 11.5 Å². The number of carbonyl (C=O) groups is 1. The predicted molar refractivity (Wildman–Crippen MR) is 89.4 cm³/mol. The SMILES string of the molecule is COc1cc(OC)cc(C2Nc3ccccc3C(=O)N2CC(F)(F)F)c1. The second-order valence-electron chi connectivity index (χ2n) is 5.79. The van der Waals surface area contributed by atoms with Gasteiger partial charge in [-0.15, -0.1) is 0 Å². The Bertz CT molecular complexity index is 801. The molecule has 1 heterocycles. The zero-order valence-electron chi connectivity index (χ0n) is 14.1. The highest BCUT2D eigenvalue weighted by Gasteiger charge is 2.40. The zero-order chi connectivity index (χ0) is 18.9. The average molecular weight is 366 g/mol. The molecule has 1 atom stereocenters. The zero-order valence-corrected chi connectivity index (χ0v) is 14.1. The average Bonchev–Trinajstić information content (AvgIpc) is 2.62. The lowest BCUT2D eigenvalue weighted by Crippen LogP contribution is -2.47. The van der Waals surface area contributed by atoms with E-state index in [9.17, 15) is 18.0 Å². The number of carbonyl (C=O) groups excluding carboxylic acids is 1. The fourth-order valence-corrected chi connectivity index (χ4v) is 2.90. The Morgan fingerprint density at radius 2 is 1.69 bits per heavy atom. The first kappa shape index (κ1) is 17.9. The molecule has 0 aliphatic carbocycles. The summed E-state index contributed by atoms with van der Waals surface area (Å²) >= 11 is 0. The molecule has 1 aliphatic rings. The maximum Gasteiger partial charge on any atom is 0.406 e. The molecule has 0 radical (unpaired) electrons. The van der Waals surface area contributed by atoms with Crippen molar-refractivity contribution in [2.75, 3.05) is 26.1 Å². The van der Waals surface area contributed by atoms with E-state index in [1.807, 2.05) is 0 Å². The van der Waals surface area contributed by atoms with E-state index in [0.717, 1.165) is 4.90 Å². The summed E-state index contributed by atoms with van der Waals surface area (Å²) in [6.07, 6.45) is -5.55. The Kier molecular flexibility index (Phi) is 4.67. The van der Waals surface area contributed by atoms with Crippen LogP contribution in [0.25, 0.3) is 0 Å². The van der Waals surface area contributed by atoms with Crippen LogP contribution >= 0.6 is 0 Å². The molecule has 3 rings (SSSR count). The number of anilines is 1. The molecule has 1 aliphatic heterocycles. The first-order chi connectivity index (χ1) is 12.3. The van der Waals surface area contributed by atoms with Gasteiger partial charge in [-0.1, -0.05) is 12.1 Å². The van der Waals surface area contributed by atoms with Gasteiger partial charge in [0.25, 0.3) is 5.91 Å². The van der Waals surface area contributed by atoms with E-state index >= 15 is 0 Å². The Balaban J connectivity index is 2.09. The fourth-order valence-electron chi connectivity index (χ4n) is 2.90. The summed E-state index contributed by atoms with van der Waals surface area (Å²) in [5.41, 5.74) is 1.10. The van der Waals surface area contributed by atoms with E-state index in [2.05, 4.69) is 5.32 Å². The van der Waals surface area contributed by atoms with E-state index < -0.39 is 24.8 Å². The lowest BCUT2D eigenvalue weighted by atomic mass is 10.0. The van der Waals surface area contributed by atoms with Crippen molar-refractivity contribution in [3.63, 3.8) is 0 Å². The third kappa shape index (κ3) is 3.54. The molecule has 0 fully saturated rings. The van der Waals surface area contributed by atoms with Crippen molar-refractivity contribution in [1.82, 2.24) is 4.90 Å². The summed E-state index contributed by atoms with van der Waals surface area (Å²) in [6.45, 7) is -1.38. The first-order valence-corrected chi connectivity index (χ1v) is 7.78. The topological polar surface area (TPSA) is 50.8 Å². The molecule has 1 N–H and O–H groups in total. The lowest BCUT2D eigenvalue weighted by Gasteiger charge is -2.38. The standard InChI is InChI=1S/C18H17F3N2O3/c1-25-12-7-11(8-13(9-12)26-2)16-22-15-6-4-3-5-14(15)17(24)23(16)10-18(19,20)21/h3-9,16,22H,10H2,1-2H3. The van der Waals surface area contributed by atoms with Crippen molar-refractivity contribution in [1.29, 1.82) is 0 Å². The van der Waals surface area contributed by atoms with Gasteiger partial charge in [0.1, 0.15) is 24.2 Å². The van der Waals surface area contributed by atoms with Crippen LogP contribution in [0, 0.1) is 0 Å². The molecule has 0 bridgehead atoms. The number of fused-ring (bicyclic) bond motifs is 1. The van der Waals surface area contributed by atoms with Gasteiger partial charge < -0.3 is 19.7 Å². The van der Waals surface area contributed by atoms with Crippen LogP contribution in [-0.2, 0) is 0 Å². The van der Waals surface area contributed by atoms with Crippen LogP contribution in [0.2, 0.25) is 0 Å². The van der Waals surface area contributed by atoms with Gasteiger partial charge >= 0.3 is 6.18 Å². The summed E-state index contributed by atoms with van der Waals surface area (Å²) in [6, 6.07) is 11.2. The minimum absolute atomic E-state index is 0.197. The highest BCUT2D eigenvalue weighted by atomic mass is 19.4. The van der Waals surface area contributed by atoms with E-state index in [4.69, 9.17) is 9.47 Å². The number of hydrogen-bond acceptors (Lipinski definition) is 4. The quantitative estimate of drug-likeness (QED) is 0.894. The summed E-state index contributed by atoms with van der Waals surface area (Å²) in [5, 5.41) is 3.01. The number of methoxy groups -OCH3 is 2. The Morgan fingerprint density at radius 1 is 1.08 bits per heavy atom. The number of halogens is 3. The largest absolute Gasteiger partial charge is 0.497 e. The smallest absolute Gasteiger partial charge is 0.406 e. The van der Waals surface area contributed by atoms with E-state index in [0.29, 0.717) is 22.7 Å². The molecule has 8 heteroatoms. The van der Waals surface area contributed by atoms with Crippen LogP contribution < -0.4 is 14.8 Å². The van der Waals surface area contributed by atoms with Gasteiger partial charge in [0.15, 0.2) is 0 Å². The van der Waals surface area contributed by atoms with Crippen molar-refractivity contribution in [2.45, 2.75) is 12.3 Å². The number of benzene rings is 2. The van der Waals surface area contributed by atoms with Gasteiger partial charge in [-0.25, -0.2) is 0 Å². The molecule has 0 aromatic heterocycles. The molecule has 2 aromatic carbocycles. The number of nitrogens with zero attached hydrogens (tertiary/aromatic N) is 1.